The molecule has 1 atom stereocenters. The molecular weight excluding hydrogens is 428 g/mol. The molecule has 7 heteroatoms. The number of Topliss-reactive ketones (excluding diaryl/α,β-unsaturated/α-hetero) is 1. The number of amides is 1. The Morgan fingerprint density at radius 1 is 0.970 bits per heavy atom. The number of aliphatic hydroxyl groups excluding tert-OH is 1. The number of ether oxygens (including phenoxy) is 1. The van der Waals surface area contributed by atoms with Crippen molar-refractivity contribution in [2.45, 2.75) is 19.5 Å². The Labute approximate surface area is 189 Å². The van der Waals surface area contributed by atoms with Gasteiger partial charge in [0.15, 0.2) is 0 Å². The monoisotopic (exact) mass is 449 g/mol. The van der Waals surface area contributed by atoms with Crippen LogP contribution >= 0.6 is 0 Å². The largest absolute Gasteiger partial charge is 0.507 e. The number of halogens is 2. The quantitative estimate of drug-likeness (QED) is 0.327. The summed E-state index contributed by atoms with van der Waals surface area (Å²) in [5, 5.41) is 11.1. The minimum absolute atomic E-state index is 0.00264. The highest BCUT2D eigenvalue weighted by Crippen LogP contribution is 2.40. The molecule has 4 rings (SSSR count). The molecule has 1 heterocycles. The standard InChI is InChI=1S/C26H21F2NO4/c1-2-33-21-5-3-4-18(14-21)24(30)22-23(17-8-12-20(28)13-9-17)29(26(32)25(22)31)15-16-6-10-19(27)11-7-16/h3-14,23,30H,2,15H2,1H3/b24-22-. The van der Waals surface area contributed by atoms with Gasteiger partial charge < -0.3 is 14.7 Å². The summed E-state index contributed by atoms with van der Waals surface area (Å²) in [6.07, 6.45) is 0. The van der Waals surface area contributed by atoms with Gasteiger partial charge in [0.1, 0.15) is 23.1 Å². The fraction of sp³-hybridized carbons (Fsp3) is 0.154. The second kappa shape index (κ2) is 9.24. The van der Waals surface area contributed by atoms with Crippen molar-refractivity contribution in [3.8, 4) is 5.75 Å². The third kappa shape index (κ3) is 4.48. The van der Waals surface area contributed by atoms with Gasteiger partial charge in [0.25, 0.3) is 11.7 Å². The van der Waals surface area contributed by atoms with E-state index in [2.05, 4.69) is 0 Å². The van der Waals surface area contributed by atoms with Gasteiger partial charge in [-0.2, -0.15) is 0 Å². The van der Waals surface area contributed by atoms with Crippen LogP contribution in [0.3, 0.4) is 0 Å². The minimum Gasteiger partial charge on any atom is -0.507 e. The molecular formula is C26H21F2NO4. The molecule has 1 saturated heterocycles. The number of nitrogens with zero attached hydrogens (tertiary/aromatic N) is 1. The van der Waals surface area contributed by atoms with Gasteiger partial charge in [-0.3, -0.25) is 9.59 Å². The van der Waals surface area contributed by atoms with E-state index in [9.17, 15) is 23.5 Å². The SMILES string of the molecule is CCOc1cccc(/C(O)=C2/C(=O)C(=O)N(Cc3ccc(F)cc3)C2c2ccc(F)cc2)c1. The molecule has 33 heavy (non-hydrogen) atoms. The summed E-state index contributed by atoms with van der Waals surface area (Å²) in [7, 11) is 0. The van der Waals surface area contributed by atoms with Crippen molar-refractivity contribution < 1.29 is 28.2 Å². The van der Waals surface area contributed by atoms with Crippen LogP contribution in [-0.4, -0.2) is 28.3 Å². The lowest BCUT2D eigenvalue weighted by atomic mass is 9.95. The van der Waals surface area contributed by atoms with Crippen LogP contribution < -0.4 is 4.74 Å². The van der Waals surface area contributed by atoms with Crippen LogP contribution in [0.25, 0.3) is 5.76 Å². The zero-order chi connectivity index (χ0) is 23.5. The predicted molar refractivity (Wildman–Crippen MR) is 118 cm³/mol. The van der Waals surface area contributed by atoms with Gasteiger partial charge in [-0.25, -0.2) is 8.78 Å². The zero-order valence-electron chi connectivity index (χ0n) is 17.8. The van der Waals surface area contributed by atoms with Crippen LogP contribution in [0.4, 0.5) is 8.78 Å². The maximum Gasteiger partial charge on any atom is 0.295 e. The van der Waals surface area contributed by atoms with Gasteiger partial charge in [-0.1, -0.05) is 36.4 Å². The Bertz CT molecular complexity index is 1220. The Kier molecular flexibility index (Phi) is 6.22. The number of hydrogen-bond acceptors (Lipinski definition) is 4. The molecule has 3 aromatic rings. The lowest BCUT2D eigenvalue weighted by Crippen LogP contribution is -2.29. The molecule has 168 valence electrons. The van der Waals surface area contributed by atoms with Gasteiger partial charge in [-0.15, -0.1) is 0 Å². The molecule has 0 aromatic heterocycles. The third-order valence-corrected chi connectivity index (χ3v) is 5.41. The Hall–Kier alpha value is -4.00. The van der Waals surface area contributed by atoms with E-state index in [1.807, 2.05) is 6.92 Å². The average Bonchev–Trinajstić information content (AvgIpc) is 3.06. The summed E-state index contributed by atoms with van der Waals surface area (Å²) >= 11 is 0. The van der Waals surface area contributed by atoms with Crippen molar-refractivity contribution in [2.24, 2.45) is 0 Å². The third-order valence-electron chi connectivity index (χ3n) is 5.41. The smallest absolute Gasteiger partial charge is 0.295 e. The lowest BCUT2D eigenvalue weighted by molar-refractivity contribution is -0.140. The number of hydrogen-bond donors (Lipinski definition) is 1. The second-order valence-corrected chi connectivity index (χ2v) is 7.57. The van der Waals surface area contributed by atoms with Crippen molar-refractivity contribution in [2.75, 3.05) is 6.61 Å². The van der Waals surface area contributed by atoms with Crippen molar-refractivity contribution >= 4 is 17.4 Å². The number of likely N-dealkylation sites (tertiary alicyclic amines) is 1. The Balaban J connectivity index is 1.83. The number of aliphatic hydroxyl groups is 1. The van der Waals surface area contributed by atoms with E-state index >= 15 is 0 Å². The first-order valence-electron chi connectivity index (χ1n) is 10.4. The summed E-state index contributed by atoms with van der Waals surface area (Å²) < 4.78 is 32.4. The van der Waals surface area contributed by atoms with Gasteiger partial charge >= 0.3 is 0 Å². The molecule has 1 aliphatic rings. The lowest BCUT2D eigenvalue weighted by Gasteiger charge is -2.25. The first-order chi connectivity index (χ1) is 15.9. The summed E-state index contributed by atoms with van der Waals surface area (Å²) in [5.41, 5.74) is 1.26. The first-order valence-corrected chi connectivity index (χ1v) is 10.4. The molecule has 1 fully saturated rings. The normalized spacial score (nSPS) is 17.4. The van der Waals surface area contributed by atoms with Gasteiger partial charge in [0.2, 0.25) is 0 Å². The average molecular weight is 449 g/mol. The van der Waals surface area contributed by atoms with Crippen LogP contribution in [0.5, 0.6) is 5.75 Å². The summed E-state index contributed by atoms with van der Waals surface area (Å²) in [6.45, 7) is 2.24. The summed E-state index contributed by atoms with van der Waals surface area (Å²) in [4.78, 5) is 27.4. The van der Waals surface area contributed by atoms with Crippen molar-refractivity contribution in [3.63, 3.8) is 0 Å². The van der Waals surface area contributed by atoms with Gasteiger partial charge in [0, 0.05) is 12.1 Å². The fourth-order valence-electron chi connectivity index (χ4n) is 3.88. The molecule has 1 unspecified atom stereocenters. The first kappa shape index (κ1) is 22.2. The van der Waals surface area contributed by atoms with Crippen LogP contribution in [0, 0.1) is 11.6 Å². The number of benzene rings is 3. The second-order valence-electron chi connectivity index (χ2n) is 7.57. The fourth-order valence-corrected chi connectivity index (χ4v) is 3.88. The number of ketones is 1. The van der Waals surface area contributed by atoms with Gasteiger partial charge in [0.05, 0.1) is 18.2 Å². The molecule has 1 amide bonds. The van der Waals surface area contributed by atoms with E-state index in [-0.39, 0.29) is 17.9 Å². The minimum atomic E-state index is -0.952. The Morgan fingerprint density at radius 2 is 1.61 bits per heavy atom. The molecule has 5 nitrogen and oxygen atoms in total. The topological polar surface area (TPSA) is 66.8 Å². The molecule has 3 aromatic carbocycles. The van der Waals surface area contributed by atoms with E-state index < -0.39 is 29.4 Å². The van der Waals surface area contributed by atoms with Crippen LogP contribution in [0.2, 0.25) is 0 Å². The molecule has 0 aliphatic carbocycles. The van der Waals surface area contributed by atoms with E-state index in [4.69, 9.17) is 4.74 Å². The maximum absolute atomic E-state index is 13.6. The van der Waals surface area contributed by atoms with E-state index in [1.54, 1.807) is 24.3 Å². The van der Waals surface area contributed by atoms with E-state index in [0.717, 1.165) is 0 Å². The summed E-state index contributed by atoms with van der Waals surface area (Å²) in [5.74, 6) is -2.42. The molecule has 1 N–H and O–H groups in total. The van der Waals surface area contributed by atoms with Crippen molar-refractivity contribution in [1.29, 1.82) is 0 Å². The van der Waals surface area contributed by atoms with Crippen molar-refractivity contribution in [1.82, 2.24) is 4.90 Å². The maximum atomic E-state index is 13.6. The number of carbonyl (C=O) groups is 2. The molecule has 0 spiro atoms. The zero-order valence-corrected chi connectivity index (χ0v) is 17.8. The number of rotatable bonds is 6. The highest BCUT2D eigenvalue weighted by Gasteiger charge is 2.46. The summed E-state index contributed by atoms with van der Waals surface area (Å²) in [6, 6.07) is 16.5. The molecule has 1 aliphatic heterocycles. The molecule has 0 bridgehead atoms. The molecule has 0 saturated carbocycles. The Morgan fingerprint density at radius 3 is 2.24 bits per heavy atom. The number of carbonyl (C=O) groups excluding carboxylic acids is 2. The molecule has 0 radical (unpaired) electrons. The van der Waals surface area contributed by atoms with Crippen LogP contribution in [0.15, 0.2) is 78.4 Å². The van der Waals surface area contributed by atoms with E-state index in [0.29, 0.717) is 29.0 Å². The van der Waals surface area contributed by atoms with Gasteiger partial charge in [-0.05, 0) is 54.4 Å². The van der Waals surface area contributed by atoms with E-state index in [1.165, 1.54) is 53.4 Å². The van der Waals surface area contributed by atoms with Crippen molar-refractivity contribution in [3.05, 3.63) is 107 Å². The highest BCUT2D eigenvalue weighted by atomic mass is 19.1. The van der Waals surface area contributed by atoms with Crippen LogP contribution in [0.1, 0.15) is 29.7 Å². The van der Waals surface area contributed by atoms with Crippen LogP contribution in [-0.2, 0) is 16.1 Å². The highest BCUT2D eigenvalue weighted by molar-refractivity contribution is 6.46. The predicted octanol–water partition coefficient (Wildman–Crippen LogP) is 4.99.